The number of nitrogens with two attached hydrogens (primary N) is 1. The maximum atomic E-state index is 12.5. The number of nitrogens with zero attached hydrogens (tertiary/aromatic N) is 1. The van der Waals surface area contributed by atoms with Crippen LogP contribution >= 0.6 is 36.4 Å². The molecule has 1 aliphatic rings. The van der Waals surface area contributed by atoms with Gasteiger partial charge in [-0.15, -0.1) is 24.8 Å². The molecule has 28 heavy (non-hydrogen) atoms. The molecule has 1 aromatic carbocycles. The number of rotatable bonds is 5. The second-order valence-corrected chi connectivity index (χ2v) is 6.35. The van der Waals surface area contributed by atoms with Gasteiger partial charge in [-0.1, -0.05) is 23.7 Å². The van der Waals surface area contributed by atoms with E-state index in [4.69, 9.17) is 22.1 Å². The number of nitrogens with one attached hydrogen (secondary N) is 2. The highest BCUT2D eigenvalue weighted by atomic mass is 35.5. The third kappa shape index (κ3) is 6.05. The van der Waals surface area contributed by atoms with E-state index in [1.54, 1.807) is 36.4 Å². The number of ether oxygens (including phenoxy) is 1. The molecule has 0 saturated carbocycles. The SMILES string of the molecule is Cl.Cl.NC[C@H]1CC[C@@H](C(=O)Nc2ccccc2C(=O)Nc2ccc(Cl)cn2)O1. The molecule has 0 unspecified atom stereocenters. The number of carbonyl (C=O) groups is 2. The van der Waals surface area contributed by atoms with Crippen LogP contribution in [0.15, 0.2) is 42.6 Å². The van der Waals surface area contributed by atoms with Crippen LogP contribution in [0.25, 0.3) is 0 Å². The summed E-state index contributed by atoms with van der Waals surface area (Å²) in [6.07, 6.45) is 2.14. The van der Waals surface area contributed by atoms with Gasteiger partial charge in [0.25, 0.3) is 11.8 Å². The Labute approximate surface area is 180 Å². The van der Waals surface area contributed by atoms with Crippen molar-refractivity contribution in [1.29, 1.82) is 0 Å². The van der Waals surface area contributed by atoms with Gasteiger partial charge >= 0.3 is 0 Å². The fourth-order valence-electron chi connectivity index (χ4n) is 2.71. The van der Waals surface area contributed by atoms with Crippen molar-refractivity contribution in [3.63, 3.8) is 0 Å². The highest BCUT2D eigenvalue weighted by Crippen LogP contribution is 2.22. The third-order valence-electron chi connectivity index (χ3n) is 4.06. The first-order valence-electron chi connectivity index (χ1n) is 8.25. The number of para-hydroxylation sites is 1. The van der Waals surface area contributed by atoms with Gasteiger partial charge in [0.05, 0.1) is 22.4 Å². The Hall–Kier alpha value is -1.90. The Morgan fingerprint density at radius 2 is 1.89 bits per heavy atom. The van der Waals surface area contributed by atoms with E-state index in [0.717, 1.165) is 6.42 Å². The minimum Gasteiger partial charge on any atom is -0.364 e. The molecule has 1 fully saturated rings. The van der Waals surface area contributed by atoms with Crippen LogP contribution in [0.5, 0.6) is 0 Å². The Kier molecular flexibility index (Phi) is 9.64. The quantitative estimate of drug-likeness (QED) is 0.652. The Morgan fingerprint density at radius 1 is 1.14 bits per heavy atom. The van der Waals surface area contributed by atoms with Crippen LogP contribution in [0.2, 0.25) is 5.02 Å². The summed E-state index contributed by atoms with van der Waals surface area (Å²) in [5.41, 5.74) is 6.30. The first-order valence-corrected chi connectivity index (χ1v) is 8.63. The van der Waals surface area contributed by atoms with Crippen LogP contribution in [-0.4, -0.2) is 35.6 Å². The molecule has 1 aromatic heterocycles. The van der Waals surface area contributed by atoms with Crippen molar-refractivity contribution < 1.29 is 14.3 Å². The van der Waals surface area contributed by atoms with E-state index >= 15 is 0 Å². The number of pyridine rings is 1. The Balaban J connectivity index is 0.00000196. The fourth-order valence-corrected chi connectivity index (χ4v) is 2.82. The number of aromatic nitrogens is 1. The van der Waals surface area contributed by atoms with Crippen molar-refractivity contribution in [1.82, 2.24) is 4.98 Å². The van der Waals surface area contributed by atoms with E-state index in [1.165, 1.54) is 6.20 Å². The molecule has 152 valence electrons. The van der Waals surface area contributed by atoms with E-state index in [1.807, 2.05) is 0 Å². The van der Waals surface area contributed by atoms with Crippen molar-refractivity contribution in [2.75, 3.05) is 17.2 Å². The van der Waals surface area contributed by atoms with Crippen molar-refractivity contribution >= 4 is 59.7 Å². The molecule has 2 amide bonds. The predicted octanol–water partition coefficient (Wildman–Crippen LogP) is 3.28. The second kappa shape index (κ2) is 11.2. The molecular weight excluding hydrogens is 427 g/mol. The summed E-state index contributed by atoms with van der Waals surface area (Å²) in [5, 5.41) is 5.92. The summed E-state index contributed by atoms with van der Waals surface area (Å²) in [6.45, 7) is 0.386. The molecule has 2 aromatic rings. The molecule has 1 aliphatic heterocycles. The number of anilines is 2. The topological polar surface area (TPSA) is 106 Å². The van der Waals surface area contributed by atoms with E-state index < -0.39 is 6.10 Å². The monoisotopic (exact) mass is 446 g/mol. The molecule has 0 radical (unpaired) electrons. The fraction of sp³-hybridized carbons (Fsp3) is 0.278. The van der Waals surface area contributed by atoms with Crippen LogP contribution in [0.4, 0.5) is 11.5 Å². The van der Waals surface area contributed by atoms with Gasteiger partial charge in [0, 0.05) is 12.7 Å². The number of hydrogen-bond acceptors (Lipinski definition) is 5. The molecule has 1 saturated heterocycles. The molecule has 3 rings (SSSR count). The third-order valence-corrected chi connectivity index (χ3v) is 4.28. The Morgan fingerprint density at radius 3 is 2.54 bits per heavy atom. The number of halogens is 3. The van der Waals surface area contributed by atoms with Crippen molar-refractivity contribution in [3.8, 4) is 0 Å². The van der Waals surface area contributed by atoms with E-state index in [2.05, 4.69) is 15.6 Å². The molecule has 4 N–H and O–H groups in total. The lowest BCUT2D eigenvalue weighted by molar-refractivity contribution is -0.126. The van der Waals surface area contributed by atoms with Gasteiger partial charge in [-0.05, 0) is 37.1 Å². The van der Waals surface area contributed by atoms with Gasteiger partial charge in [0.2, 0.25) is 0 Å². The number of benzene rings is 1. The molecule has 7 nitrogen and oxygen atoms in total. The van der Waals surface area contributed by atoms with E-state index in [9.17, 15) is 9.59 Å². The minimum absolute atomic E-state index is 0. The number of amides is 2. The van der Waals surface area contributed by atoms with Crippen molar-refractivity contribution in [3.05, 3.63) is 53.2 Å². The highest BCUT2D eigenvalue weighted by molar-refractivity contribution is 6.30. The van der Waals surface area contributed by atoms with Crippen molar-refractivity contribution in [2.24, 2.45) is 5.73 Å². The number of carbonyl (C=O) groups excluding carboxylic acids is 2. The smallest absolute Gasteiger partial charge is 0.258 e. The van der Waals surface area contributed by atoms with Gasteiger partial charge in [-0.25, -0.2) is 4.98 Å². The highest BCUT2D eigenvalue weighted by Gasteiger charge is 2.30. The zero-order valence-corrected chi connectivity index (χ0v) is 17.2. The van der Waals surface area contributed by atoms with Gasteiger partial charge in [-0.3, -0.25) is 9.59 Å². The van der Waals surface area contributed by atoms with Gasteiger partial charge in [-0.2, -0.15) is 0 Å². The lowest BCUT2D eigenvalue weighted by Crippen LogP contribution is -2.30. The van der Waals surface area contributed by atoms with Gasteiger partial charge in [0.1, 0.15) is 11.9 Å². The van der Waals surface area contributed by atoms with Crippen LogP contribution in [0.1, 0.15) is 23.2 Å². The maximum absolute atomic E-state index is 12.5. The summed E-state index contributed by atoms with van der Waals surface area (Å²) in [7, 11) is 0. The molecule has 0 aliphatic carbocycles. The molecule has 0 bridgehead atoms. The lowest BCUT2D eigenvalue weighted by Gasteiger charge is -2.15. The van der Waals surface area contributed by atoms with Crippen LogP contribution < -0.4 is 16.4 Å². The summed E-state index contributed by atoms with van der Waals surface area (Å²) in [4.78, 5) is 29.0. The molecule has 0 spiro atoms. The average Bonchev–Trinajstić information content (AvgIpc) is 3.13. The summed E-state index contributed by atoms with van der Waals surface area (Å²) < 4.78 is 5.59. The van der Waals surface area contributed by atoms with Gasteiger partial charge < -0.3 is 21.1 Å². The molecule has 2 heterocycles. The summed E-state index contributed by atoms with van der Waals surface area (Å²) >= 11 is 5.79. The van der Waals surface area contributed by atoms with Crippen LogP contribution in [0, 0.1) is 0 Å². The largest absolute Gasteiger partial charge is 0.364 e. The summed E-state index contributed by atoms with van der Waals surface area (Å²) in [6, 6.07) is 9.97. The standard InChI is InChI=1S/C18H19ClN4O3.2ClH/c19-11-5-8-16(21-10-11)23-17(24)13-3-1-2-4-14(13)22-18(25)15-7-6-12(9-20)26-15;;/h1-5,8,10,12,15H,6-7,9,20H2,(H,22,25)(H,21,23,24);2*1H/t12-,15+;;/m1../s1. The minimum atomic E-state index is -0.558. The first kappa shape index (κ1) is 24.1. The second-order valence-electron chi connectivity index (χ2n) is 5.91. The molecule has 10 heteroatoms. The van der Waals surface area contributed by atoms with Crippen LogP contribution in [0.3, 0.4) is 0 Å². The molecule has 2 atom stereocenters. The number of hydrogen-bond donors (Lipinski definition) is 3. The zero-order chi connectivity index (χ0) is 18.5. The predicted molar refractivity (Wildman–Crippen MR) is 114 cm³/mol. The van der Waals surface area contributed by atoms with E-state index in [0.29, 0.717) is 35.1 Å². The van der Waals surface area contributed by atoms with E-state index in [-0.39, 0.29) is 42.7 Å². The van der Waals surface area contributed by atoms with Crippen molar-refractivity contribution in [2.45, 2.75) is 25.0 Å². The first-order chi connectivity index (χ1) is 12.6. The zero-order valence-electron chi connectivity index (χ0n) is 14.8. The van der Waals surface area contributed by atoms with Gasteiger partial charge in [0.15, 0.2) is 0 Å². The lowest BCUT2D eigenvalue weighted by atomic mass is 10.1. The van der Waals surface area contributed by atoms with Crippen LogP contribution in [-0.2, 0) is 9.53 Å². The summed E-state index contributed by atoms with van der Waals surface area (Å²) in [5.74, 6) is -0.306. The normalized spacial score (nSPS) is 17.8. The average molecular weight is 448 g/mol. The maximum Gasteiger partial charge on any atom is 0.258 e. The Bertz CT molecular complexity index is 805. The molecular formula is C18H21Cl3N4O3.